The van der Waals surface area contributed by atoms with Crippen LogP contribution in [0.2, 0.25) is 0 Å². The normalized spacial score (nSPS) is 16.6. The van der Waals surface area contributed by atoms with Crippen LogP contribution >= 0.6 is 15.9 Å². The molecule has 0 spiro atoms. The van der Waals surface area contributed by atoms with E-state index in [2.05, 4.69) is 20.8 Å². The van der Waals surface area contributed by atoms with Crippen molar-refractivity contribution in [2.24, 2.45) is 0 Å². The molecule has 1 aromatic rings. The molecule has 0 amide bonds. The van der Waals surface area contributed by atoms with Crippen molar-refractivity contribution in [3.63, 3.8) is 0 Å². The zero-order chi connectivity index (χ0) is 17.0. The maximum Gasteiger partial charge on any atom is 0.418 e. The van der Waals surface area contributed by atoms with Crippen molar-refractivity contribution in [1.29, 1.82) is 0 Å². The number of nitrogens with zero attached hydrogens (tertiary/aromatic N) is 2. The lowest BCUT2D eigenvalue weighted by atomic mass is 10.1. The Morgan fingerprint density at radius 1 is 1.22 bits per heavy atom. The molecule has 1 N–H and O–H groups in total. The molecule has 8 heteroatoms. The zero-order valence-electron chi connectivity index (χ0n) is 12.4. The first-order valence-corrected chi connectivity index (χ1v) is 8.12. The Bertz CT molecular complexity index is 558. The molecule has 23 heavy (non-hydrogen) atoms. The zero-order valence-corrected chi connectivity index (χ0v) is 14.0. The fourth-order valence-corrected chi connectivity index (χ4v) is 3.04. The summed E-state index contributed by atoms with van der Waals surface area (Å²) in [5.41, 5.74) is -0.433. The molecule has 0 atom stereocenters. The van der Waals surface area contributed by atoms with Gasteiger partial charge in [-0.15, -0.1) is 0 Å². The molecule has 1 aliphatic rings. The summed E-state index contributed by atoms with van der Waals surface area (Å²) in [6, 6.07) is 4.21. The molecule has 1 fully saturated rings. The number of alkyl halides is 3. The van der Waals surface area contributed by atoms with Gasteiger partial charge in [-0.2, -0.15) is 13.2 Å². The number of carbonyl (C=O) groups is 1. The Balaban J connectivity index is 1.99. The highest BCUT2D eigenvalue weighted by molar-refractivity contribution is 9.10. The van der Waals surface area contributed by atoms with Crippen LogP contribution in [0.5, 0.6) is 0 Å². The Kier molecular flexibility index (Phi) is 5.91. The third kappa shape index (κ3) is 5.10. The monoisotopic (exact) mass is 394 g/mol. The molecule has 0 saturated carbocycles. The minimum atomic E-state index is -4.39. The lowest BCUT2D eigenvalue weighted by Crippen LogP contribution is -2.47. The summed E-state index contributed by atoms with van der Waals surface area (Å²) in [7, 11) is 0. The molecule has 0 radical (unpaired) electrons. The van der Waals surface area contributed by atoms with Gasteiger partial charge in [0.1, 0.15) is 0 Å². The van der Waals surface area contributed by atoms with Crippen LogP contribution in [0.25, 0.3) is 0 Å². The van der Waals surface area contributed by atoms with Crippen LogP contribution in [0.1, 0.15) is 18.4 Å². The van der Waals surface area contributed by atoms with Crippen LogP contribution in [0.15, 0.2) is 22.7 Å². The summed E-state index contributed by atoms with van der Waals surface area (Å²) < 4.78 is 40.0. The minimum Gasteiger partial charge on any atom is -0.481 e. The van der Waals surface area contributed by atoms with Gasteiger partial charge in [-0.05, 0) is 31.2 Å². The van der Waals surface area contributed by atoms with Crippen molar-refractivity contribution in [1.82, 2.24) is 4.90 Å². The molecule has 128 valence electrons. The number of carboxylic acid groups (broad SMARTS) is 1. The Morgan fingerprint density at radius 3 is 2.43 bits per heavy atom. The standard InChI is InChI=1S/C15H18BrF3N2O2/c16-11-3-4-13(12(10-11)15(17,18)19)21-8-6-20(7-9-21)5-1-2-14(22)23/h3-4,10H,1-2,5-9H2,(H,22,23). The van der Waals surface area contributed by atoms with Crippen LogP contribution in [-0.4, -0.2) is 48.7 Å². The first-order valence-electron chi connectivity index (χ1n) is 7.33. The summed E-state index contributed by atoms with van der Waals surface area (Å²) in [6.45, 7) is 2.92. The van der Waals surface area contributed by atoms with E-state index in [0.29, 0.717) is 43.6 Å². The Hall–Kier alpha value is -1.28. The molecule has 1 heterocycles. The van der Waals surface area contributed by atoms with Crippen LogP contribution in [0.4, 0.5) is 18.9 Å². The molecule has 0 aliphatic carbocycles. The minimum absolute atomic E-state index is 0.116. The van der Waals surface area contributed by atoms with E-state index >= 15 is 0 Å². The molecular weight excluding hydrogens is 377 g/mol. The number of anilines is 1. The van der Waals surface area contributed by atoms with Gasteiger partial charge in [0.05, 0.1) is 5.56 Å². The second-order valence-electron chi connectivity index (χ2n) is 5.49. The predicted molar refractivity (Wildman–Crippen MR) is 84.7 cm³/mol. The maximum atomic E-state index is 13.2. The quantitative estimate of drug-likeness (QED) is 0.830. The van der Waals surface area contributed by atoms with Gasteiger partial charge >= 0.3 is 12.1 Å². The van der Waals surface area contributed by atoms with E-state index in [4.69, 9.17) is 5.11 Å². The van der Waals surface area contributed by atoms with E-state index in [-0.39, 0.29) is 12.1 Å². The summed E-state index contributed by atoms with van der Waals surface area (Å²) >= 11 is 3.09. The topological polar surface area (TPSA) is 43.8 Å². The molecule has 1 aromatic carbocycles. The van der Waals surface area contributed by atoms with Crippen LogP contribution < -0.4 is 4.90 Å². The van der Waals surface area contributed by atoms with Gasteiger partial charge in [-0.1, -0.05) is 15.9 Å². The van der Waals surface area contributed by atoms with Gasteiger partial charge < -0.3 is 10.0 Å². The number of carboxylic acids is 1. The summed E-state index contributed by atoms with van der Waals surface area (Å²) in [4.78, 5) is 14.3. The molecule has 0 bridgehead atoms. The summed E-state index contributed by atoms with van der Waals surface area (Å²) in [5.74, 6) is -0.826. The molecule has 1 saturated heterocycles. The smallest absolute Gasteiger partial charge is 0.418 e. The largest absolute Gasteiger partial charge is 0.481 e. The highest BCUT2D eigenvalue weighted by Gasteiger charge is 2.35. The number of hydrogen-bond donors (Lipinski definition) is 1. The second kappa shape index (κ2) is 7.53. The number of rotatable bonds is 5. The van der Waals surface area contributed by atoms with Gasteiger partial charge in [-0.25, -0.2) is 0 Å². The molecule has 2 rings (SSSR count). The fraction of sp³-hybridized carbons (Fsp3) is 0.533. The lowest BCUT2D eigenvalue weighted by Gasteiger charge is -2.37. The average molecular weight is 395 g/mol. The lowest BCUT2D eigenvalue weighted by molar-refractivity contribution is -0.138. The third-order valence-electron chi connectivity index (χ3n) is 3.84. The van der Waals surface area contributed by atoms with E-state index < -0.39 is 17.7 Å². The van der Waals surface area contributed by atoms with E-state index in [1.165, 1.54) is 6.07 Å². The first-order chi connectivity index (χ1) is 10.8. The van der Waals surface area contributed by atoms with Crippen molar-refractivity contribution in [3.8, 4) is 0 Å². The van der Waals surface area contributed by atoms with Gasteiger partial charge in [-0.3, -0.25) is 9.69 Å². The number of halogens is 4. The van der Waals surface area contributed by atoms with Crippen LogP contribution in [-0.2, 0) is 11.0 Å². The van der Waals surface area contributed by atoms with Crippen molar-refractivity contribution in [2.75, 3.05) is 37.6 Å². The van der Waals surface area contributed by atoms with Gasteiger partial charge in [0.15, 0.2) is 0 Å². The molecule has 0 unspecified atom stereocenters. The summed E-state index contributed by atoms with van der Waals surface area (Å²) in [6.07, 6.45) is -3.72. The van der Waals surface area contributed by atoms with Gasteiger partial charge in [0.25, 0.3) is 0 Å². The Morgan fingerprint density at radius 2 is 1.87 bits per heavy atom. The number of aliphatic carboxylic acids is 1. The number of hydrogen-bond acceptors (Lipinski definition) is 3. The van der Waals surface area contributed by atoms with Crippen molar-refractivity contribution < 1.29 is 23.1 Å². The van der Waals surface area contributed by atoms with E-state index in [1.54, 1.807) is 11.0 Å². The van der Waals surface area contributed by atoms with Crippen LogP contribution in [0.3, 0.4) is 0 Å². The maximum absolute atomic E-state index is 13.2. The van der Waals surface area contributed by atoms with E-state index in [9.17, 15) is 18.0 Å². The SMILES string of the molecule is O=C(O)CCCN1CCN(c2ccc(Br)cc2C(F)(F)F)CC1. The first kappa shape index (κ1) is 18.1. The molecule has 0 aromatic heterocycles. The van der Waals surface area contributed by atoms with Gasteiger partial charge in [0.2, 0.25) is 0 Å². The molecule has 4 nitrogen and oxygen atoms in total. The number of piperazine rings is 1. The predicted octanol–water partition coefficient (Wildman–Crippen LogP) is 3.45. The average Bonchev–Trinajstić information content (AvgIpc) is 2.47. The fourth-order valence-electron chi connectivity index (χ4n) is 2.68. The van der Waals surface area contributed by atoms with E-state index in [0.717, 1.165) is 6.07 Å². The highest BCUT2D eigenvalue weighted by atomic mass is 79.9. The van der Waals surface area contributed by atoms with Crippen LogP contribution in [0, 0.1) is 0 Å². The third-order valence-corrected chi connectivity index (χ3v) is 4.34. The van der Waals surface area contributed by atoms with Crippen molar-refractivity contribution >= 4 is 27.6 Å². The van der Waals surface area contributed by atoms with E-state index in [1.807, 2.05) is 0 Å². The highest BCUT2D eigenvalue weighted by Crippen LogP contribution is 2.38. The second-order valence-corrected chi connectivity index (χ2v) is 6.40. The molecule has 1 aliphatic heterocycles. The number of benzene rings is 1. The molecular formula is C15H18BrF3N2O2. The summed E-state index contributed by atoms with van der Waals surface area (Å²) in [5, 5.41) is 8.63. The van der Waals surface area contributed by atoms with Crippen molar-refractivity contribution in [3.05, 3.63) is 28.2 Å². The van der Waals surface area contributed by atoms with Gasteiger partial charge in [0, 0.05) is 42.8 Å². The van der Waals surface area contributed by atoms with Crippen molar-refractivity contribution in [2.45, 2.75) is 19.0 Å². The Labute approximate surface area is 141 Å².